The molecule has 1 aliphatic rings. The summed E-state index contributed by atoms with van der Waals surface area (Å²) in [6, 6.07) is 30.0. The lowest BCUT2D eigenvalue weighted by Gasteiger charge is -2.29. The number of rotatable bonds is 6. The summed E-state index contributed by atoms with van der Waals surface area (Å²) in [4.78, 5) is 13.3. The molecule has 0 spiro atoms. The molecule has 0 saturated heterocycles. The van der Waals surface area contributed by atoms with E-state index in [1.54, 1.807) is 66.7 Å². The van der Waals surface area contributed by atoms with Gasteiger partial charge >= 0.3 is 0 Å². The van der Waals surface area contributed by atoms with Crippen molar-refractivity contribution in [1.82, 2.24) is 4.57 Å². The van der Waals surface area contributed by atoms with Crippen LogP contribution < -0.4 is 20.5 Å². The van der Waals surface area contributed by atoms with Crippen molar-refractivity contribution in [3.63, 3.8) is 0 Å². The fourth-order valence-electron chi connectivity index (χ4n) is 5.26. The molecule has 222 valence electrons. The second-order valence-electron chi connectivity index (χ2n) is 10.6. The van der Waals surface area contributed by atoms with Gasteiger partial charge in [0, 0.05) is 0 Å². The van der Waals surface area contributed by atoms with Crippen molar-refractivity contribution in [2.24, 2.45) is 5.73 Å². The van der Waals surface area contributed by atoms with Gasteiger partial charge in [0.1, 0.15) is 15.4 Å². The smallest absolute Gasteiger partial charge is 0.274 e. The molecule has 0 fully saturated rings. The summed E-state index contributed by atoms with van der Waals surface area (Å²) in [7, 11) is -8.77. The first-order valence-electron chi connectivity index (χ1n) is 13.7. The molecule has 0 bridgehead atoms. The van der Waals surface area contributed by atoms with Crippen LogP contribution in [0.5, 0.6) is 0 Å². The Balaban J connectivity index is 1.80. The molecule has 1 aliphatic heterocycles. The van der Waals surface area contributed by atoms with Crippen LogP contribution >= 0.6 is 11.3 Å². The summed E-state index contributed by atoms with van der Waals surface area (Å²) in [5.74, 6) is -1.65. The van der Waals surface area contributed by atoms with Gasteiger partial charge in [-0.2, -0.15) is 0 Å². The summed E-state index contributed by atoms with van der Waals surface area (Å²) in [5.41, 5.74) is 9.18. The maximum absolute atomic E-state index is 14.6. The quantitative estimate of drug-likeness (QED) is 0.296. The molecule has 6 rings (SSSR count). The predicted octanol–water partition coefficient (Wildman–Crippen LogP) is 4.29. The third-order valence-corrected chi connectivity index (χ3v) is 12.6. The Bertz CT molecular complexity index is 2320. The van der Waals surface area contributed by atoms with E-state index in [-0.39, 0.29) is 34.6 Å². The maximum atomic E-state index is 14.6. The van der Waals surface area contributed by atoms with Crippen LogP contribution in [-0.2, 0) is 19.7 Å². The van der Waals surface area contributed by atoms with Crippen LogP contribution in [0.2, 0.25) is 0 Å². The Morgan fingerprint density at radius 2 is 1.16 bits per heavy atom. The molecule has 44 heavy (non-hydrogen) atoms. The number of benzene rings is 4. The molecule has 0 saturated carbocycles. The van der Waals surface area contributed by atoms with Crippen molar-refractivity contribution >= 4 is 47.8 Å². The predicted molar refractivity (Wildman–Crippen MR) is 175 cm³/mol. The molecule has 0 amide bonds. The van der Waals surface area contributed by atoms with Gasteiger partial charge in [-0.05, 0) is 55.3 Å². The number of allylic oxidation sites excluding steroid dienone is 1. The first-order chi connectivity index (χ1) is 21.0. The summed E-state index contributed by atoms with van der Waals surface area (Å²) in [5, 5.41) is 0. The van der Waals surface area contributed by atoms with Gasteiger partial charge in [0.25, 0.3) is 5.56 Å². The lowest BCUT2D eigenvalue weighted by Crippen LogP contribution is -2.41. The van der Waals surface area contributed by atoms with Gasteiger partial charge in [-0.15, -0.1) is 11.3 Å². The number of aromatic nitrogens is 1. The van der Waals surface area contributed by atoms with Gasteiger partial charge in [0.15, 0.2) is 0 Å². The highest BCUT2D eigenvalue weighted by molar-refractivity contribution is 8.00. The second-order valence-corrected chi connectivity index (χ2v) is 15.4. The van der Waals surface area contributed by atoms with Crippen molar-refractivity contribution in [3.8, 4) is 0 Å². The van der Waals surface area contributed by atoms with E-state index in [0.29, 0.717) is 5.56 Å². The highest BCUT2D eigenvalue weighted by atomic mass is 32.2. The van der Waals surface area contributed by atoms with Gasteiger partial charge in [-0.25, -0.2) is 16.8 Å². The Morgan fingerprint density at radius 1 is 0.682 bits per heavy atom. The van der Waals surface area contributed by atoms with Crippen LogP contribution in [0, 0.1) is 13.8 Å². The zero-order valence-corrected chi connectivity index (χ0v) is 26.3. The first-order valence-corrected chi connectivity index (χ1v) is 17.5. The summed E-state index contributed by atoms with van der Waals surface area (Å²) in [6.45, 7) is 3.83. The maximum Gasteiger partial charge on any atom is 0.274 e. The molecule has 2 heterocycles. The summed E-state index contributed by atoms with van der Waals surface area (Å²) in [6.07, 6.45) is 1.66. The molecule has 4 aromatic carbocycles. The molecular weight excluding hydrogens is 613 g/mol. The minimum absolute atomic E-state index is 0.0273. The number of sulfone groups is 2. The molecule has 7 nitrogen and oxygen atoms in total. The molecular formula is C34H28N2O5S3. The summed E-state index contributed by atoms with van der Waals surface area (Å²) < 4.78 is 59.4. The Labute approximate surface area is 259 Å². The van der Waals surface area contributed by atoms with Gasteiger partial charge in [-0.1, -0.05) is 96.1 Å². The van der Waals surface area contributed by atoms with E-state index in [4.69, 9.17) is 5.73 Å². The van der Waals surface area contributed by atoms with Crippen molar-refractivity contribution in [2.45, 2.75) is 29.6 Å². The highest BCUT2D eigenvalue weighted by Gasteiger charge is 2.44. The minimum atomic E-state index is -4.40. The van der Waals surface area contributed by atoms with Crippen LogP contribution in [-0.4, -0.2) is 21.4 Å². The molecule has 1 atom stereocenters. The Kier molecular flexibility index (Phi) is 7.53. The van der Waals surface area contributed by atoms with Crippen molar-refractivity contribution in [2.75, 3.05) is 0 Å². The van der Waals surface area contributed by atoms with E-state index in [1.807, 2.05) is 38.1 Å². The minimum Gasteiger partial charge on any atom is -0.384 e. The van der Waals surface area contributed by atoms with Gasteiger partial charge in [0.05, 0.1) is 25.1 Å². The number of aryl methyl sites for hydroxylation is 2. The lowest BCUT2D eigenvalue weighted by atomic mass is 9.96. The van der Waals surface area contributed by atoms with E-state index in [1.165, 1.54) is 24.3 Å². The Hall–Kier alpha value is -4.51. The van der Waals surface area contributed by atoms with Crippen molar-refractivity contribution < 1.29 is 16.8 Å². The number of hydrogen-bond acceptors (Lipinski definition) is 7. The lowest BCUT2D eigenvalue weighted by molar-refractivity contribution is 0.598. The second kappa shape index (κ2) is 11.2. The van der Waals surface area contributed by atoms with Gasteiger partial charge in [0.2, 0.25) is 19.7 Å². The number of thiazole rings is 1. The van der Waals surface area contributed by atoms with Crippen molar-refractivity contribution in [1.29, 1.82) is 0 Å². The monoisotopic (exact) mass is 640 g/mol. The molecule has 5 aromatic rings. The number of nitrogens with zero attached hydrogens (tertiary/aromatic N) is 1. The van der Waals surface area contributed by atoms with E-state index < -0.39 is 31.2 Å². The average molecular weight is 641 g/mol. The van der Waals surface area contributed by atoms with Crippen LogP contribution in [0.4, 0.5) is 0 Å². The standard InChI is InChI=1S/C34H28N2O5S3/c1-22-13-17-24(18-14-22)21-28-33(37)36-32(35)30(43(38,39)26-9-5-3-6-10-26)29(25-19-15-23(2)16-20-25)31(34(36)42-28)44(40,41)27-11-7-4-8-12-27/h3-21,29H,35H2,1-2H3/b28-21-. The molecule has 0 aliphatic carbocycles. The van der Waals surface area contributed by atoms with E-state index in [2.05, 4.69) is 0 Å². The molecule has 2 N–H and O–H groups in total. The van der Waals surface area contributed by atoms with Crippen LogP contribution in [0.3, 0.4) is 0 Å². The van der Waals surface area contributed by atoms with Crippen molar-refractivity contribution in [3.05, 3.63) is 156 Å². The number of nitrogens with two attached hydrogens (primary N) is 1. The van der Waals surface area contributed by atoms with Crippen LogP contribution in [0.15, 0.2) is 129 Å². The third-order valence-electron chi connectivity index (χ3n) is 7.52. The highest BCUT2D eigenvalue weighted by Crippen LogP contribution is 2.45. The first kappa shape index (κ1) is 29.6. The van der Waals surface area contributed by atoms with E-state index in [0.717, 1.165) is 32.6 Å². The molecule has 10 heteroatoms. The molecule has 1 unspecified atom stereocenters. The Morgan fingerprint density at radius 3 is 1.68 bits per heavy atom. The topological polar surface area (TPSA) is 116 Å². The normalized spacial score (nSPS) is 15.8. The van der Waals surface area contributed by atoms with Gasteiger partial charge in [-0.3, -0.25) is 9.36 Å². The summed E-state index contributed by atoms with van der Waals surface area (Å²) >= 11 is 0.974. The third kappa shape index (κ3) is 5.04. The SMILES string of the molecule is Cc1ccc(/C=c2\sc3n(c2=O)C(N)=C(S(=O)(=O)c2ccccc2)C(c2ccc(C)cc2)C=3S(=O)(=O)c2ccccc2)cc1. The largest absolute Gasteiger partial charge is 0.384 e. The van der Waals surface area contributed by atoms with E-state index in [9.17, 15) is 21.6 Å². The zero-order valence-electron chi connectivity index (χ0n) is 23.8. The number of fused-ring (bicyclic) bond motifs is 1. The molecule has 0 radical (unpaired) electrons. The number of hydrogen-bond donors (Lipinski definition) is 1. The van der Waals surface area contributed by atoms with Crippen LogP contribution in [0.25, 0.3) is 16.8 Å². The van der Waals surface area contributed by atoms with Gasteiger partial charge < -0.3 is 5.73 Å². The zero-order chi connectivity index (χ0) is 31.2. The van der Waals surface area contributed by atoms with E-state index >= 15 is 0 Å². The van der Waals surface area contributed by atoms with Crippen LogP contribution in [0.1, 0.15) is 28.2 Å². The average Bonchev–Trinajstić information content (AvgIpc) is 3.34. The fraction of sp³-hybridized carbons (Fsp3) is 0.0882. The fourth-order valence-corrected chi connectivity index (χ4v) is 10.2. The molecule has 1 aromatic heterocycles.